The minimum atomic E-state index is -0.633. The normalized spacial score (nSPS) is 21.9. The fraction of sp³-hybridized carbons (Fsp3) is 0.300. The molecule has 1 N–H and O–H groups in total. The van der Waals surface area contributed by atoms with E-state index in [1.165, 1.54) is 0 Å². The topological polar surface area (TPSA) is 67.9 Å². The molecule has 0 unspecified atom stereocenters. The summed E-state index contributed by atoms with van der Waals surface area (Å²) in [6.45, 7) is 3.11. The first-order chi connectivity index (χ1) is 13.0. The number of amides is 2. The Balaban J connectivity index is 1.57. The van der Waals surface area contributed by atoms with Crippen LogP contribution in [0.25, 0.3) is 0 Å². The molecule has 1 saturated heterocycles. The van der Waals surface area contributed by atoms with Crippen molar-refractivity contribution in [2.45, 2.75) is 19.1 Å². The van der Waals surface area contributed by atoms with Crippen LogP contribution < -0.4 is 10.1 Å². The second kappa shape index (κ2) is 7.32. The molecule has 0 bridgehead atoms. The molecule has 2 aliphatic heterocycles. The zero-order chi connectivity index (χ0) is 19.0. The number of carbonyl (C=O) groups excluding carboxylic acids is 2. The van der Waals surface area contributed by atoms with Crippen molar-refractivity contribution in [2.24, 2.45) is 0 Å². The average molecular weight is 431 g/mol. The number of para-hydroxylation sites is 1. The number of nitrogens with zero attached hydrogens (tertiary/aromatic N) is 1. The summed E-state index contributed by atoms with van der Waals surface area (Å²) < 4.78 is 12.6. The first-order valence-corrected chi connectivity index (χ1v) is 9.59. The molecule has 140 valence electrons. The molecule has 1 fully saturated rings. The lowest BCUT2D eigenvalue weighted by Gasteiger charge is -2.34. The van der Waals surface area contributed by atoms with E-state index < -0.39 is 6.10 Å². The van der Waals surface area contributed by atoms with Crippen molar-refractivity contribution in [3.05, 3.63) is 58.1 Å². The minimum absolute atomic E-state index is 0.124. The molecule has 2 atom stereocenters. The number of anilines is 1. The van der Waals surface area contributed by atoms with E-state index in [2.05, 4.69) is 21.2 Å². The molecule has 0 saturated carbocycles. The second-order valence-corrected chi connectivity index (χ2v) is 7.51. The molecule has 0 aromatic heterocycles. The third kappa shape index (κ3) is 3.57. The van der Waals surface area contributed by atoms with Gasteiger partial charge in [-0.1, -0.05) is 34.1 Å². The number of rotatable bonds is 2. The standard InChI is InChI=1S/C20H19BrN2O4/c1-12-19(24)22-16-4-2-3-15(18(16)27-12)20(25)23-9-10-26-17(11-23)13-5-7-14(21)8-6-13/h2-8,12,17H,9-11H2,1H3,(H,22,24)/t12-,17+/m0/s1. The summed E-state index contributed by atoms with van der Waals surface area (Å²) in [5.74, 6) is 0.0932. The van der Waals surface area contributed by atoms with Crippen LogP contribution in [-0.4, -0.2) is 42.5 Å². The molecule has 2 amide bonds. The summed E-state index contributed by atoms with van der Waals surface area (Å²) in [5.41, 5.74) is 2.01. The Morgan fingerprint density at radius 1 is 1.22 bits per heavy atom. The molecule has 0 aliphatic carbocycles. The summed E-state index contributed by atoms with van der Waals surface area (Å²) in [7, 11) is 0. The van der Waals surface area contributed by atoms with Crippen LogP contribution in [0.1, 0.15) is 28.9 Å². The highest BCUT2D eigenvalue weighted by molar-refractivity contribution is 9.10. The largest absolute Gasteiger partial charge is 0.478 e. The van der Waals surface area contributed by atoms with Gasteiger partial charge in [-0.15, -0.1) is 0 Å². The monoisotopic (exact) mass is 430 g/mol. The Morgan fingerprint density at radius 2 is 2.00 bits per heavy atom. The lowest BCUT2D eigenvalue weighted by molar-refractivity contribution is -0.122. The Hall–Kier alpha value is -2.38. The van der Waals surface area contributed by atoms with E-state index in [-0.39, 0.29) is 17.9 Å². The zero-order valence-corrected chi connectivity index (χ0v) is 16.4. The van der Waals surface area contributed by atoms with Crippen LogP contribution in [0.15, 0.2) is 46.9 Å². The third-order valence-corrected chi connectivity index (χ3v) is 5.29. The highest BCUT2D eigenvalue weighted by Crippen LogP contribution is 2.35. The molecule has 27 heavy (non-hydrogen) atoms. The minimum Gasteiger partial charge on any atom is -0.478 e. The maximum absolute atomic E-state index is 13.2. The number of hydrogen-bond acceptors (Lipinski definition) is 4. The van der Waals surface area contributed by atoms with Gasteiger partial charge in [-0.25, -0.2) is 0 Å². The van der Waals surface area contributed by atoms with E-state index >= 15 is 0 Å². The molecule has 7 heteroatoms. The van der Waals surface area contributed by atoms with E-state index in [0.717, 1.165) is 10.0 Å². The Bertz CT molecular complexity index is 884. The van der Waals surface area contributed by atoms with Gasteiger partial charge in [0.25, 0.3) is 11.8 Å². The molecule has 0 spiro atoms. The second-order valence-electron chi connectivity index (χ2n) is 6.59. The van der Waals surface area contributed by atoms with Crippen LogP contribution in [0.4, 0.5) is 5.69 Å². The first-order valence-electron chi connectivity index (χ1n) is 8.80. The molecule has 2 aliphatic rings. The summed E-state index contributed by atoms with van der Waals surface area (Å²) in [5, 5.41) is 2.78. The van der Waals surface area contributed by atoms with Gasteiger partial charge in [0.1, 0.15) is 6.10 Å². The summed E-state index contributed by atoms with van der Waals surface area (Å²) in [6.07, 6.45) is -0.804. The highest BCUT2D eigenvalue weighted by Gasteiger charge is 2.31. The summed E-state index contributed by atoms with van der Waals surface area (Å²) in [6, 6.07) is 13.1. The van der Waals surface area contributed by atoms with Crippen LogP contribution in [0.2, 0.25) is 0 Å². The van der Waals surface area contributed by atoms with Crippen molar-refractivity contribution in [2.75, 3.05) is 25.0 Å². The van der Waals surface area contributed by atoms with Crippen molar-refractivity contribution in [1.82, 2.24) is 4.90 Å². The van der Waals surface area contributed by atoms with Crippen molar-refractivity contribution in [3.63, 3.8) is 0 Å². The molecule has 2 aromatic carbocycles. The predicted molar refractivity (Wildman–Crippen MR) is 104 cm³/mol. The molecule has 6 nitrogen and oxygen atoms in total. The van der Waals surface area contributed by atoms with Gasteiger partial charge in [-0.05, 0) is 36.8 Å². The van der Waals surface area contributed by atoms with Crippen molar-refractivity contribution in [3.8, 4) is 5.75 Å². The van der Waals surface area contributed by atoms with Gasteiger partial charge in [-0.2, -0.15) is 0 Å². The van der Waals surface area contributed by atoms with Gasteiger partial charge in [0.15, 0.2) is 11.9 Å². The third-order valence-electron chi connectivity index (χ3n) is 4.76. The van der Waals surface area contributed by atoms with Crippen molar-refractivity contribution < 1.29 is 19.1 Å². The van der Waals surface area contributed by atoms with Crippen LogP contribution in [0.5, 0.6) is 5.75 Å². The van der Waals surface area contributed by atoms with E-state index in [9.17, 15) is 9.59 Å². The maximum atomic E-state index is 13.2. The maximum Gasteiger partial charge on any atom is 0.265 e. The lowest BCUT2D eigenvalue weighted by Crippen LogP contribution is -2.43. The van der Waals surface area contributed by atoms with Gasteiger partial charge in [0, 0.05) is 11.0 Å². The van der Waals surface area contributed by atoms with Crippen LogP contribution in [-0.2, 0) is 9.53 Å². The number of morpholine rings is 1. The SMILES string of the molecule is C[C@@H]1Oc2c(cccc2C(=O)N2CCO[C@@H](c3ccc(Br)cc3)C2)NC1=O. The first kappa shape index (κ1) is 18.0. The van der Waals surface area contributed by atoms with E-state index in [0.29, 0.717) is 36.7 Å². The predicted octanol–water partition coefficient (Wildman–Crippen LogP) is 3.38. The number of hydrogen-bond donors (Lipinski definition) is 1. The summed E-state index contributed by atoms with van der Waals surface area (Å²) >= 11 is 3.43. The lowest BCUT2D eigenvalue weighted by atomic mass is 10.1. The zero-order valence-electron chi connectivity index (χ0n) is 14.8. The van der Waals surface area contributed by atoms with Crippen LogP contribution in [0.3, 0.4) is 0 Å². The number of carbonyl (C=O) groups is 2. The molecule has 2 heterocycles. The Kier molecular flexibility index (Phi) is 4.88. The number of halogens is 1. The fourth-order valence-electron chi connectivity index (χ4n) is 3.28. The Labute approximate surface area is 165 Å². The van der Waals surface area contributed by atoms with Gasteiger partial charge >= 0.3 is 0 Å². The Morgan fingerprint density at radius 3 is 2.78 bits per heavy atom. The molecule has 4 rings (SSSR count). The smallest absolute Gasteiger partial charge is 0.265 e. The van der Waals surface area contributed by atoms with E-state index in [4.69, 9.17) is 9.47 Å². The van der Waals surface area contributed by atoms with Gasteiger partial charge in [0.2, 0.25) is 0 Å². The van der Waals surface area contributed by atoms with E-state index in [1.807, 2.05) is 24.3 Å². The van der Waals surface area contributed by atoms with Crippen molar-refractivity contribution in [1.29, 1.82) is 0 Å². The van der Waals surface area contributed by atoms with Gasteiger partial charge in [-0.3, -0.25) is 9.59 Å². The number of nitrogens with one attached hydrogen (secondary N) is 1. The van der Waals surface area contributed by atoms with E-state index in [1.54, 1.807) is 30.0 Å². The number of fused-ring (bicyclic) bond motifs is 1. The van der Waals surface area contributed by atoms with Gasteiger partial charge in [0.05, 0.1) is 24.4 Å². The highest BCUT2D eigenvalue weighted by atomic mass is 79.9. The molecular formula is C20H19BrN2O4. The molecule has 2 aromatic rings. The van der Waals surface area contributed by atoms with Crippen molar-refractivity contribution >= 4 is 33.4 Å². The number of ether oxygens (including phenoxy) is 2. The quantitative estimate of drug-likeness (QED) is 0.792. The number of benzene rings is 2. The molecular weight excluding hydrogens is 412 g/mol. The van der Waals surface area contributed by atoms with Crippen LogP contribution >= 0.6 is 15.9 Å². The van der Waals surface area contributed by atoms with Gasteiger partial charge < -0.3 is 19.7 Å². The fourth-order valence-corrected chi connectivity index (χ4v) is 3.54. The summed E-state index contributed by atoms with van der Waals surface area (Å²) in [4.78, 5) is 26.7. The average Bonchev–Trinajstić information content (AvgIpc) is 2.68. The van der Waals surface area contributed by atoms with Crippen LogP contribution in [0, 0.1) is 0 Å². The molecule has 0 radical (unpaired) electrons.